The Bertz CT molecular complexity index is 7520. The number of ether oxygens (including phenoxy) is 2. The van der Waals surface area contributed by atoms with Gasteiger partial charge in [-0.1, -0.05) is 152 Å². The number of pyridine rings is 2. The van der Waals surface area contributed by atoms with Crippen LogP contribution in [-0.2, 0) is 66.5 Å². The molecule has 0 N–H and O–H groups in total. The van der Waals surface area contributed by atoms with Crippen LogP contribution in [0.25, 0.3) is 120 Å². The fourth-order valence-electron chi connectivity index (χ4n) is 23.5. The van der Waals surface area contributed by atoms with Crippen molar-refractivity contribution in [1.82, 2.24) is 69.9 Å². The van der Waals surface area contributed by atoms with Crippen LogP contribution in [-0.4, -0.2) is 105 Å². The van der Waals surface area contributed by atoms with E-state index in [1.54, 1.807) is 54.9 Å². The van der Waals surface area contributed by atoms with Crippen LogP contribution < -0.4 is 9.47 Å². The molecule has 23 rings (SSSR count). The molecular weight excluding hydrogens is 1740 g/mol. The van der Waals surface area contributed by atoms with Crippen molar-refractivity contribution in [2.24, 2.45) is 47.3 Å². The summed E-state index contributed by atoms with van der Waals surface area (Å²) in [6.07, 6.45) is 26.6. The molecule has 0 spiro atoms. The van der Waals surface area contributed by atoms with Gasteiger partial charge in [0.15, 0.2) is 46.4 Å². The molecule has 0 amide bonds. The van der Waals surface area contributed by atoms with Gasteiger partial charge in [-0.2, -0.15) is 9.97 Å². The number of thiazole rings is 1. The molecule has 10 aliphatic carbocycles. The van der Waals surface area contributed by atoms with Crippen LogP contribution in [0.3, 0.4) is 0 Å². The minimum absolute atomic E-state index is 0.0103. The average molecular weight is 1840 g/mol. The molecule has 684 valence electrons. The molecule has 12 atom stereocenters. The van der Waals surface area contributed by atoms with Crippen molar-refractivity contribution < 1.29 is 37.6 Å². The fraction of sp³-hybridized carbons (Fsp3) is 0.364. The lowest BCUT2D eigenvalue weighted by Crippen LogP contribution is -2.46. The molecule has 9 aromatic heterocycles. The number of allylic oxidation sites excluding steroid dienone is 8. The van der Waals surface area contributed by atoms with E-state index in [0.717, 1.165) is 182 Å². The van der Waals surface area contributed by atoms with Crippen LogP contribution in [0.1, 0.15) is 188 Å². The number of halogens is 1. The maximum atomic E-state index is 14.9. The smallest absolute Gasteiger partial charge is 0.226 e. The third-order valence-corrected chi connectivity index (χ3v) is 31.6. The van der Waals surface area contributed by atoms with Crippen LogP contribution >= 0.6 is 11.3 Å². The van der Waals surface area contributed by atoms with Crippen LogP contribution in [0.2, 0.25) is 0 Å². The molecule has 2 fully saturated rings. The monoisotopic (exact) mass is 1830 g/mol. The van der Waals surface area contributed by atoms with Gasteiger partial charge in [-0.25, -0.2) is 68.6 Å². The maximum Gasteiger partial charge on any atom is 0.226 e. The van der Waals surface area contributed by atoms with Gasteiger partial charge in [0.1, 0.15) is 46.5 Å². The standard InChI is InChI=1S/C30H30N4O2.C27H25N5O2.C27H21N5OS.C26H23FN4O2/c1-17-15-22(20-11-7-8-12-24(20)32-17)28-33-27-21(29(34-28)36-19-9-5-6-10-19)13-14-23-18(2)26(35)25(31-4)16-30(23,27)3;1-15-19-12-11-18-24(27(19,2)13-21(28-3)23(15)33)31-25(32-26(18)34-16-7-6-8-16)22-17-9-4-5-10-20(17)29-14-30-22;1-15-19-9-8-18-22(26-30-12-13-34-26)31-25(17-10-11-29-20-7-5-4-6-16(17)20)32-24(18)27(19,2)14-21(28-3)23(15)33;1-13-18-11-10-17-22(16-8-6-7-9-19(16)27)29-25(21-14(2)31-33-15(21)3)30-24(17)26(18,4)12-20(28-5)23(13)32/h7-8,11-12,15-16,18-19,23H,5-6,9-10,13-14H2,1-3H3;4-5,9-10,13-16,19H,6-8,11-12H2,1-2H3;4-7,10-15,19H,8-9H2,1-2H3;6-9,12-13,18H,10-11H2,1-4H3/t18-,23-,30-;2*15-,19-,27-;13-,18-,26-/m1111/s1. The molecule has 0 bridgehead atoms. The number of aryl methyl sites for hydroxylation is 3. The Morgan fingerprint density at radius 3 is 1.34 bits per heavy atom. The molecule has 27 heteroatoms. The van der Waals surface area contributed by atoms with Crippen LogP contribution in [0.15, 0.2) is 185 Å². The second-order valence-electron chi connectivity index (χ2n) is 38.8. The lowest BCUT2D eigenvalue weighted by atomic mass is 9.58. The van der Waals surface area contributed by atoms with Gasteiger partial charge in [-0.05, 0) is 183 Å². The Hall–Kier alpha value is -14.7. The van der Waals surface area contributed by atoms with Gasteiger partial charge >= 0.3 is 0 Å². The van der Waals surface area contributed by atoms with Gasteiger partial charge in [-0.3, -0.25) is 9.97 Å². The first kappa shape index (κ1) is 90.2. The van der Waals surface area contributed by atoms with Gasteiger partial charge in [-0.15, -0.1) is 11.3 Å². The van der Waals surface area contributed by atoms with Crippen molar-refractivity contribution in [3.8, 4) is 79.4 Å². The van der Waals surface area contributed by atoms with Gasteiger partial charge in [0.05, 0.1) is 82.6 Å². The van der Waals surface area contributed by atoms with E-state index in [1.807, 2.05) is 151 Å². The Morgan fingerprint density at radius 1 is 0.416 bits per heavy atom. The van der Waals surface area contributed by atoms with Crippen LogP contribution in [0.5, 0.6) is 11.8 Å². The summed E-state index contributed by atoms with van der Waals surface area (Å²) in [7, 11) is 0. The number of carbonyl (C=O) groups is 4. The number of ketones is 4. The minimum Gasteiger partial charge on any atom is -0.474 e. The summed E-state index contributed by atoms with van der Waals surface area (Å²) in [5, 5.41) is 9.71. The molecular formula is C110H99FN18O7S. The van der Waals surface area contributed by atoms with Gasteiger partial charge < -0.3 is 33.2 Å². The normalized spacial score (nSPS) is 24.9. The molecule has 137 heavy (non-hydrogen) atoms. The number of Topliss-reactive ketones (excluding diaryl/α,β-unsaturated/α-hetero) is 4. The maximum absolute atomic E-state index is 14.9. The first-order valence-corrected chi connectivity index (χ1v) is 48.1. The van der Waals surface area contributed by atoms with Gasteiger partial charge in [0.2, 0.25) is 34.5 Å². The van der Waals surface area contributed by atoms with E-state index < -0.39 is 21.7 Å². The second kappa shape index (κ2) is 35.5. The molecule has 0 saturated heterocycles. The van der Waals surface area contributed by atoms with Crippen molar-refractivity contribution in [2.45, 2.75) is 206 Å². The summed E-state index contributed by atoms with van der Waals surface area (Å²) in [4.78, 5) is 129. The summed E-state index contributed by atoms with van der Waals surface area (Å²) in [5.41, 5.74) is 15.0. The number of aromatic nitrogens is 14. The fourth-order valence-corrected chi connectivity index (χ4v) is 24.2. The number of carbonyl (C=O) groups excluding carboxylic acids is 4. The Balaban J connectivity index is 0.000000113. The first-order valence-electron chi connectivity index (χ1n) is 47.2. The van der Waals surface area contributed by atoms with Gasteiger partial charge in [0, 0.05) is 124 Å². The number of benzene rings is 4. The SMILES string of the molecule is [C-]#[N+]C1=C[C@@]2(C)c3nc(-c4c(C)noc4C)nc(-c4ccccc4F)c3CC[C@@H]2[C@@H](C)C1=O.[C-]#[N+]C1=C[C@@]2(C)c3nc(-c4cc(C)nc5ccccc45)nc(OC4CCCC4)c3CC[C@@H]2[C@@H](C)C1=O.[C-]#[N+]C1=C[C@@]2(C)c3nc(-c4ccnc5ccccc45)nc(-c4nccs4)c3CC[C@@H]2[C@@H](C)C1=O.[C-]#[N+]C1=C[C@@]2(C)c3nc(-c4ncnc5ccccc45)nc(OC4CCC4)c3CC[C@@H]2[C@@H](C)C1=O. The van der Waals surface area contributed by atoms with Crippen molar-refractivity contribution >= 4 is 67.2 Å². The number of rotatable bonds is 10. The molecule has 2 saturated carbocycles. The Morgan fingerprint density at radius 2 is 0.847 bits per heavy atom. The average Bonchev–Trinajstić information content (AvgIpc) is 0.868. The third-order valence-electron chi connectivity index (χ3n) is 30.9. The largest absolute Gasteiger partial charge is 0.474 e. The van der Waals surface area contributed by atoms with E-state index in [2.05, 4.69) is 71.3 Å². The molecule has 0 radical (unpaired) electrons. The predicted octanol–water partition coefficient (Wildman–Crippen LogP) is 22.1. The van der Waals surface area contributed by atoms with Crippen LogP contribution in [0, 0.1) is 100 Å². The van der Waals surface area contributed by atoms with Crippen molar-refractivity contribution in [3.05, 3.63) is 294 Å². The highest BCUT2D eigenvalue weighted by Crippen LogP contribution is 2.58. The number of para-hydroxylation sites is 3. The predicted molar refractivity (Wildman–Crippen MR) is 518 cm³/mol. The Kier molecular flexibility index (Phi) is 23.4. The zero-order chi connectivity index (χ0) is 95.4. The zero-order valence-electron chi connectivity index (χ0n) is 78.1. The van der Waals surface area contributed by atoms with E-state index in [9.17, 15) is 23.6 Å². The van der Waals surface area contributed by atoms with E-state index >= 15 is 0 Å². The summed E-state index contributed by atoms with van der Waals surface area (Å²) in [5.74, 6) is 2.59. The topological polar surface area (TPSA) is 298 Å². The van der Waals surface area contributed by atoms with E-state index in [4.69, 9.17) is 85.1 Å². The number of nitrogens with zero attached hydrogens (tertiary/aromatic N) is 18. The lowest BCUT2D eigenvalue weighted by molar-refractivity contribution is -0.122. The van der Waals surface area contributed by atoms with Crippen molar-refractivity contribution in [2.75, 3.05) is 0 Å². The number of hydrogen-bond donors (Lipinski definition) is 0. The third kappa shape index (κ3) is 15.5. The highest BCUT2D eigenvalue weighted by atomic mass is 32.1. The zero-order valence-corrected chi connectivity index (χ0v) is 78.9. The van der Waals surface area contributed by atoms with E-state index in [0.29, 0.717) is 75.4 Å². The van der Waals surface area contributed by atoms with Gasteiger partial charge in [0.25, 0.3) is 0 Å². The molecule has 10 aliphatic rings. The molecule has 9 heterocycles. The molecule has 25 nitrogen and oxygen atoms in total. The second-order valence-corrected chi connectivity index (χ2v) is 39.7. The molecule has 0 aliphatic heterocycles. The summed E-state index contributed by atoms with van der Waals surface area (Å²) >= 11 is 1.56. The van der Waals surface area contributed by atoms with E-state index in [1.165, 1.54) is 25.2 Å². The summed E-state index contributed by atoms with van der Waals surface area (Å²) < 4.78 is 33.3. The Labute approximate surface area is 797 Å². The highest BCUT2D eigenvalue weighted by Gasteiger charge is 2.55. The van der Waals surface area contributed by atoms with Crippen LogP contribution in [0.4, 0.5) is 4.39 Å². The van der Waals surface area contributed by atoms with E-state index in [-0.39, 0.29) is 111 Å². The van der Waals surface area contributed by atoms with Crippen molar-refractivity contribution in [3.63, 3.8) is 0 Å². The highest BCUT2D eigenvalue weighted by molar-refractivity contribution is 7.13. The van der Waals surface area contributed by atoms with Crippen molar-refractivity contribution in [1.29, 1.82) is 0 Å². The summed E-state index contributed by atoms with van der Waals surface area (Å²) in [6, 6.07) is 34.4. The number of fused-ring (bicyclic) bond motifs is 15. The first-order chi connectivity index (χ1) is 66.1. The lowest BCUT2D eigenvalue weighted by Gasteiger charge is -2.46. The quantitative estimate of drug-likeness (QED) is 0.115. The molecule has 13 aromatic rings. The number of hydrogen-bond acceptors (Lipinski definition) is 22. The molecule has 0 unspecified atom stereocenters. The molecule has 4 aromatic carbocycles. The minimum atomic E-state index is -0.655. The summed E-state index contributed by atoms with van der Waals surface area (Å²) in [6.45, 7) is 52.1.